The van der Waals surface area contributed by atoms with Crippen LogP contribution in [-0.2, 0) is 16.0 Å². The van der Waals surface area contributed by atoms with Gasteiger partial charge in [-0.05, 0) is 25.0 Å². The second-order valence-corrected chi connectivity index (χ2v) is 3.91. The highest BCUT2D eigenvalue weighted by Gasteiger charge is 2.09. The van der Waals surface area contributed by atoms with Crippen LogP contribution in [0.1, 0.15) is 41.8 Å². The van der Waals surface area contributed by atoms with Gasteiger partial charge in [-0.3, -0.25) is 9.59 Å². The van der Waals surface area contributed by atoms with E-state index in [1.807, 2.05) is 26.0 Å². The van der Waals surface area contributed by atoms with Crippen molar-refractivity contribution >= 4 is 11.8 Å². The Balaban J connectivity index is 2.82. The monoisotopic (exact) mass is 234 g/mol. The average Bonchev–Trinajstić information content (AvgIpc) is 2.28. The van der Waals surface area contributed by atoms with E-state index in [9.17, 15) is 9.59 Å². The van der Waals surface area contributed by atoms with E-state index in [1.54, 1.807) is 13.0 Å². The standard InChI is InChI=1S/C14H18O3/c1-4-13(15)12-7-6-11(8-10(12)3)9-14(16)17-5-2/h6-8H,4-5,9H2,1-3H3. The van der Waals surface area contributed by atoms with Crippen LogP contribution >= 0.6 is 0 Å². The molecule has 0 amide bonds. The van der Waals surface area contributed by atoms with Gasteiger partial charge in [0.25, 0.3) is 0 Å². The largest absolute Gasteiger partial charge is 0.466 e. The Labute approximate surface area is 102 Å². The number of hydrogen-bond acceptors (Lipinski definition) is 3. The lowest BCUT2D eigenvalue weighted by molar-refractivity contribution is -0.142. The van der Waals surface area contributed by atoms with E-state index >= 15 is 0 Å². The van der Waals surface area contributed by atoms with Crippen LogP contribution in [-0.4, -0.2) is 18.4 Å². The molecule has 0 aliphatic carbocycles. The summed E-state index contributed by atoms with van der Waals surface area (Å²) < 4.78 is 4.88. The number of aryl methyl sites for hydroxylation is 1. The molecule has 0 N–H and O–H groups in total. The Morgan fingerprint density at radius 1 is 1.24 bits per heavy atom. The quantitative estimate of drug-likeness (QED) is 0.581. The SMILES string of the molecule is CCOC(=O)Cc1ccc(C(=O)CC)c(C)c1. The molecule has 0 saturated heterocycles. The van der Waals surface area contributed by atoms with Crippen molar-refractivity contribution in [3.8, 4) is 0 Å². The molecule has 92 valence electrons. The lowest BCUT2D eigenvalue weighted by Gasteiger charge is -2.07. The molecule has 0 spiro atoms. The van der Waals surface area contributed by atoms with Crippen molar-refractivity contribution in [3.05, 3.63) is 34.9 Å². The van der Waals surface area contributed by atoms with E-state index in [4.69, 9.17) is 4.74 Å². The lowest BCUT2D eigenvalue weighted by atomic mass is 9.99. The second kappa shape index (κ2) is 6.18. The van der Waals surface area contributed by atoms with Crippen molar-refractivity contribution in [2.45, 2.75) is 33.6 Å². The molecular formula is C14H18O3. The molecule has 0 aliphatic rings. The molecule has 0 bridgehead atoms. The maximum atomic E-state index is 11.6. The Morgan fingerprint density at radius 2 is 1.94 bits per heavy atom. The van der Waals surface area contributed by atoms with Gasteiger partial charge in [0.05, 0.1) is 13.0 Å². The highest BCUT2D eigenvalue weighted by Crippen LogP contribution is 2.14. The van der Waals surface area contributed by atoms with E-state index in [0.29, 0.717) is 13.0 Å². The molecular weight excluding hydrogens is 216 g/mol. The highest BCUT2D eigenvalue weighted by atomic mass is 16.5. The van der Waals surface area contributed by atoms with E-state index in [-0.39, 0.29) is 18.2 Å². The Morgan fingerprint density at radius 3 is 2.47 bits per heavy atom. The number of ketones is 1. The van der Waals surface area contributed by atoms with Gasteiger partial charge in [-0.25, -0.2) is 0 Å². The minimum Gasteiger partial charge on any atom is -0.466 e. The van der Waals surface area contributed by atoms with Crippen LogP contribution in [0.4, 0.5) is 0 Å². The van der Waals surface area contributed by atoms with Crippen molar-refractivity contribution < 1.29 is 14.3 Å². The molecule has 1 aromatic rings. The third-order valence-electron chi connectivity index (χ3n) is 2.57. The van der Waals surface area contributed by atoms with Crippen LogP contribution in [0.3, 0.4) is 0 Å². The summed E-state index contributed by atoms with van der Waals surface area (Å²) in [5.41, 5.74) is 2.53. The van der Waals surface area contributed by atoms with E-state index in [2.05, 4.69) is 0 Å². The number of benzene rings is 1. The van der Waals surface area contributed by atoms with Crippen LogP contribution in [0.25, 0.3) is 0 Å². The summed E-state index contributed by atoms with van der Waals surface area (Å²) in [7, 11) is 0. The van der Waals surface area contributed by atoms with Gasteiger partial charge >= 0.3 is 5.97 Å². The summed E-state index contributed by atoms with van der Waals surface area (Å²) in [6.45, 7) is 5.90. The van der Waals surface area contributed by atoms with Gasteiger partial charge in [-0.2, -0.15) is 0 Å². The molecule has 0 aliphatic heterocycles. The maximum absolute atomic E-state index is 11.6. The number of carbonyl (C=O) groups is 2. The van der Waals surface area contributed by atoms with Crippen LogP contribution < -0.4 is 0 Å². The summed E-state index contributed by atoms with van der Waals surface area (Å²) in [4.78, 5) is 22.9. The summed E-state index contributed by atoms with van der Waals surface area (Å²) in [5, 5.41) is 0. The van der Waals surface area contributed by atoms with Gasteiger partial charge in [-0.1, -0.05) is 25.1 Å². The van der Waals surface area contributed by atoms with Crippen LogP contribution in [0.2, 0.25) is 0 Å². The summed E-state index contributed by atoms with van der Waals surface area (Å²) in [6, 6.07) is 5.47. The summed E-state index contributed by atoms with van der Waals surface area (Å²) >= 11 is 0. The molecule has 3 heteroatoms. The van der Waals surface area contributed by atoms with Crippen molar-refractivity contribution in [3.63, 3.8) is 0 Å². The normalized spacial score (nSPS) is 10.1. The number of rotatable bonds is 5. The van der Waals surface area contributed by atoms with Gasteiger partial charge in [0.2, 0.25) is 0 Å². The van der Waals surface area contributed by atoms with E-state index in [0.717, 1.165) is 16.7 Å². The van der Waals surface area contributed by atoms with Crippen molar-refractivity contribution in [1.29, 1.82) is 0 Å². The number of Topliss-reactive ketones (excluding diaryl/α,β-unsaturated/α-hetero) is 1. The highest BCUT2D eigenvalue weighted by molar-refractivity contribution is 5.97. The second-order valence-electron chi connectivity index (χ2n) is 3.91. The molecule has 0 fully saturated rings. The van der Waals surface area contributed by atoms with E-state index in [1.165, 1.54) is 0 Å². The zero-order valence-corrected chi connectivity index (χ0v) is 10.6. The number of ether oxygens (including phenoxy) is 1. The van der Waals surface area contributed by atoms with Crippen molar-refractivity contribution in [1.82, 2.24) is 0 Å². The third-order valence-corrected chi connectivity index (χ3v) is 2.57. The first-order chi connectivity index (χ1) is 8.08. The van der Waals surface area contributed by atoms with Gasteiger partial charge in [-0.15, -0.1) is 0 Å². The fourth-order valence-corrected chi connectivity index (χ4v) is 1.72. The van der Waals surface area contributed by atoms with E-state index < -0.39 is 0 Å². The zero-order valence-electron chi connectivity index (χ0n) is 10.6. The molecule has 0 radical (unpaired) electrons. The zero-order chi connectivity index (χ0) is 12.8. The molecule has 0 heterocycles. The van der Waals surface area contributed by atoms with Crippen LogP contribution in [0.15, 0.2) is 18.2 Å². The Kier molecular flexibility index (Phi) is 4.88. The molecule has 17 heavy (non-hydrogen) atoms. The summed E-state index contributed by atoms with van der Waals surface area (Å²) in [6.07, 6.45) is 0.757. The first kappa shape index (κ1) is 13.4. The number of hydrogen-bond donors (Lipinski definition) is 0. The fourth-order valence-electron chi connectivity index (χ4n) is 1.72. The van der Waals surface area contributed by atoms with Gasteiger partial charge in [0.1, 0.15) is 0 Å². The third kappa shape index (κ3) is 3.70. The summed E-state index contributed by atoms with van der Waals surface area (Å²) in [5.74, 6) is -0.105. The average molecular weight is 234 g/mol. The van der Waals surface area contributed by atoms with Gasteiger partial charge in [0.15, 0.2) is 5.78 Å². The first-order valence-electron chi connectivity index (χ1n) is 5.86. The maximum Gasteiger partial charge on any atom is 0.310 e. The smallest absolute Gasteiger partial charge is 0.310 e. The first-order valence-corrected chi connectivity index (χ1v) is 5.86. The number of carbonyl (C=O) groups excluding carboxylic acids is 2. The molecule has 1 rings (SSSR count). The molecule has 3 nitrogen and oxygen atoms in total. The Hall–Kier alpha value is -1.64. The minimum atomic E-state index is -0.235. The molecule has 0 atom stereocenters. The van der Waals surface area contributed by atoms with Crippen LogP contribution in [0.5, 0.6) is 0 Å². The van der Waals surface area contributed by atoms with Crippen molar-refractivity contribution in [2.24, 2.45) is 0 Å². The van der Waals surface area contributed by atoms with Crippen molar-refractivity contribution in [2.75, 3.05) is 6.61 Å². The van der Waals surface area contributed by atoms with Gasteiger partial charge < -0.3 is 4.74 Å². The lowest BCUT2D eigenvalue weighted by Crippen LogP contribution is -2.08. The molecule has 1 aromatic carbocycles. The van der Waals surface area contributed by atoms with Crippen LogP contribution in [0, 0.1) is 6.92 Å². The number of esters is 1. The predicted molar refractivity (Wildman–Crippen MR) is 66.1 cm³/mol. The fraction of sp³-hybridized carbons (Fsp3) is 0.429. The minimum absolute atomic E-state index is 0.130. The molecule has 0 saturated carbocycles. The Bertz CT molecular complexity index is 421. The predicted octanol–water partition coefficient (Wildman–Crippen LogP) is 2.69. The van der Waals surface area contributed by atoms with Gasteiger partial charge in [0, 0.05) is 12.0 Å². The molecule has 0 unspecified atom stereocenters. The molecule has 0 aromatic heterocycles. The topological polar surface area (TPSA) is 43.4 Å².